The van der Waals surface area contributed by atoms with Crippen molar-refractivity contribution in [3.8, 4) is 0 Å². The van der Waals surface area contributed by atoms with Gasteiger partial charge < -0.3 is 11.1 Å². The van der Waals surface area contributed by atoms with Gasteiger partial charge in [0.15, 0.2) is 5.69 Å². The fourth-order valence-electron chi connectivity index (χ4n) is 2.75. The lowest BCUT2D eigenvalue weighted by Crippen LogP contribution is -2.47. The highest BCUT2D eigenvalue weighted by atomic mass is 16.2. The first-order chi connectivity index (χ1) is 11.5. The number of benzene rings is 1. The minimum absolute atomic E-state index is 0.0793. The molecule has 24 heavy (non-hydrogen) atoms. The summed E-state index contributed by atoms with van der Waals surface area (Å²) >= 11 is 0. The summed E-state index contributed by atoms with van der Waals surface area (Å²) < 4.78 is 1.87. The van der Waals surface area contributed by atoms with Crippen LogP contribution in [0.15, 0.2) is 24.3 Å². The fourth-order valence-corrected chi connectivity index (χ4v) is 2.75. The SMILES string of the molecule is CCCCCn1nc(C(=O)N[C@H](C(N)=O)C(C)C)c2ccccc21. The maximum absolute atomic E-state index is 12.6. The van der Waals surface area contributed by atoms with Gasteiger partial charge in [-0.3, -0.25) is 14.3 Å². The van der Waals surface area contributed by atoms with E-state index in [9.17, 15) is 9.59 Å². The van der Waals surface area contributed by atoms with Crippen molar-refractivity contribution in [1.82, 2.24) is 15.1 Å². The van der Waals surface area contributed by atoms with E-state index in [1.807, 2.05) is 42.8 Å². The number of nitrogens with two attached hydrogens (primary N) is 1. The second kappa shape index (κ2) is 7.95. The van der Waals surface area contributed by atoms with Gasteiger partial charge in [0.2, 0.25) is 5.91 Å². The number of nitrogens with one attached hydrogen (secondary N) is 1. The molecule has 1 aromatic heterocycles. The first-order valence-corrected chi connectivity index (χ1v) is 8.51. The van der Waals surface area contributed by atoms with Gasteiger partial charge >= 0.3 is 0 Å². The molecule has 2 amide bonds. The van der Waals surface area contributed by atoms with E-state index in [1.54, 1.807) is 0 Å². The molecule has 0 aliphatic rings. The Labute approximate surface area is 142 Å². The average Bonchev–Trinajstić information content (AvgIpc) is 2.91. The Morgan fingerprint density at radius 3 is 2.58 bits per heavy atom. The Morgan fingerprint density at radius 1 is 1.25 bits per heavy atom. The van der Waals surface area contributed by atoms with Gasteiger partial charge in [-0.25, -0.2) is 0 Å². The summed E-state index contributed by atoms with van der Waals surface area (Å²) in [7, 11) is 0. The van der Waals surface area contributed by atoms with E-state index in [-0.39, 0.29) is 11.8 Å². The zero-order chi connectivity index (χ0) is 17.7. The summed E-state index contributed by atoms with van der Waals surface area (Å²) in [6, 6.07) is 6.94. The third-order valence-corrected chi connectivity index (χ3v) is 4.11. The van der Waals surface area contributed by atoms with Gasteiger partial charge in [-0.2, -0.15) is 5.10 Å². The molecule has 6 heteroatoms. The third kappa shape index (κ3) is 3.93. The number of fused-ring (bicyclic) bond motifs is 1. The molecule has 0 unspecified atom stereocenters. The number of amides is 2. The molecule has 1 heterocycles. The molecule has 2 aromatic rings. The first kappa shape index (κ1) is 18.0. The molecule has 0 bridgehead atoms. The molecule has 6 nitrogen and oxygen atoms in total. The van der Waals surface area contributed by atoms with E-state index in [2.05, 4.69) is 17.3 Å². The lowest BCUT2D eigenvalue weighted by molar-refractivity contribution is -0.120. The van der Waals surface area contributed by atoms with Crippen LogP contribution >= 0.6 is 0 Å². The third-order valence-electron chi connectivity index (χ3n) is 4.11. The van der Waals surface area contributed by atoms with Gasteiger partial charge in [0.05, 0.1) is 5.52 Å². The molecule has 1 atom stereocenters. The molecular weight excluding hydrogens is 304 g/mol. The quantitative estimate of drug-likeness (QED) is 0.729. The van der Waals surface area contributed by atoms with E-state index in [0.717, 1.165) is 36.7 Å². The van der Waals surface area contributed by atoms with Gasteiger partial charge in [0.25, 0.3) is 5.91 Å². The van der Waals surface area contributed by atoms with Gasteiger partial charge in [0, 0.05) is 11.9 Å². The number of carbonyl (C=O) groups excluding carboxylic acids is 2. The largest absolute Gasteiger partial charge is 0.368 e. The monoisotopic (exact) mass is 330 g/mol. The molecular formula is C18H26N4O2. The summed E-state index contributed by atoms with van der Waals surface area (Å²) in [4.78, 5) is 24.2. The lowest BCUT2D eigenvalue weighted by Gasteiger charge is -2.18. The van der Waals surface area contributed by atoms with Crippen molar-refractivity contribution >= 4 is 22.7 Å². The number of aromatic nitrogens is 2. The van der Waals surface area contributed by atoms with Crippen LogP contribution in [0.25, 0.3) is 10.9 Å². The second-order valence-corrected chi connectivity index (χ2v) is 6.39. The van der Waals surface area contributed by atoms with E-state index < -0.39 is 11.9 Å². The molecule has 2 rings (SSSR count). The number of rotatable bonds is 8. The van der Waals surface area contributed by atoms with Crippen molar-refractivity contribution in [1.29, 1.82) is 0 Å². The van der Waals surface area contributed by atoms with Gasteiger partial charge in [-0.05, 0) is 18.4 Å². The predicted molar refractivity (Wildman–Crippen MR) is 94.5 cm³/mol. The standard InChI is InChI=1S/C18H26N4O2/c1-4-5-8-11-22-14-10-7-6-9-13(14)16(21-22)18(24)20-15(12(2)3)17(19)23/h6-7,9-10,12,15H,4-5,8,11H2,1-3H3,(H2,19,23)(H,20,24)/t15-/m0/s1. The Morgan fingerprint density at radius 2 is 1.96 bits per heavy atom. The maximum Gasteiger partial charge on any atom is 0.273 e. The zero-order valence-electron chi connectivity index (χ0n) is 14.6. The van der Waals surface area contributed by atoms with Crippen LogP contribution in [-0.2, 0) is 11.3 Å². The highest BCUT2D eigenvalue weighted by Crippen LogP contribution is 2.19. The van der Waals surface area contributed by atoms with Crippen molar-refractivity contribution in [3.05, 3.63) is 30.0 Å². The number of aryl methyl sites for hydroxylation is 1. The molecule has 0 saturated carbocycles. The molecule has 130 valence electrons. The van der Waals surface area contributed by atoms with Crippen molar-refractivity contribution in [2.75, 3.05) is 0 Å². The van der Waals surface area contributed by atoms with Crippen molar-refractivity contribution in [2.45, 2.75) is 52.6 Å². The maximum atomic E-state index is 12.6. The Balaban J connectivity index is 2.30. The summed E-state index contributed by atoms with van der Waals surface area (Å²) in [6.07, 6.45) is 3.26. The number of nitrogens with zero attached hydrogens (tertiary/aromatic N) is 2. The predicted octanol–water partition coefficient (Wildman–Crippen LogP) is 2.47. The van der Waals surface area contributed by atoms with Crippen LogP contribution in [0.3, 0.4) is 0 Å². The number of hydrogen-bond acceptors (Lipinski definition) is 3. The van der Waals surface area contributed by atoms with E-state index in [1.165, 1.54) is 0 Å². The topological polar surface area (TPSA) is 90.0 Å². The average molecular weight is 330 g/mol. The zero-order valence-corrected chi connectivity index (χ0v) is 14.6. The van der Waals surface area contributed by atoms with Crippen LogP contribution in [0.4, 0.5) is 0 Å². The van der Waals surface area contributed by atoms with Crippen LogP contribution < -0.4 is 11.1 Å². The van der Waals surface area contributed by atoms with Gasteiger partial charge in [-0.15, -0.1) is 0 Å². The molecule has 0 spiro atoms. The molecule has 0 fully saturated rings. The number of primary amides is 1. The summed E-state index contributed by atoms with van der Waals surface area (Å²) in [5, 5.41) is 7.99. The van der Waals surface area contributed by atoms with Crippen LogP contribution in [0.1, 0.15) is 50.5 Å². The highest BCUT2D eigenvalue weighted by molar-refractivity contribution is 6.06. The van der Waals surface area contributed by atoms with E-state index in [0.29, 0.717) is 5.69 Å². The molecule has 3 N–H and O–H groups in total. The summed E-state index contributed by atoms with van der Waals surface area (Å²) in [5.74, 6) is -0.979. The van der Waals surface area contributed by atoms with E-state index in [4.69, 9.17) is 5.73 Å². The summed E-state index contributed by atoms with van der Waals surface area (Å²) in [6.45, 7) is 6.61. The lowest BCUT2D eigenvalue weighted by atomic mass is 10.0. The Kier molecular flexibility index (Phi) is 5.95. The minimum atomic E-state index is -0.707. The van der Waals surface area contributed by atoms with Crippen molar-refractivity contribution in [2.24, 2.45) is 11.7 Å². The molecule has 1 aromatic carbocycles. The second-order valence-electron chi connectivity index (χ2n) is 6.39. The van der Waals surface area contributed by atoms with Crippen LogP contribution in [0.2, 0.25) is 0 Å². The number of para-hydroxylation sites is 1. The molecule has 0 saturated heterocycles. The molecule has 0 radical (unpaired) electrons. The Bertz CT molecular complexity index is 721. The van der Waals surface area contributed by atoms with Crippen molar-refractivity contribution < 1.29 is 9.59 Å². The highest BCUT2D eigenvalue weighted by Gasteiger charge is 2.25. The first-order valence-electron chi connectivity index (χ1n) is 8.51. The molecule has 0 aliphatic heterocycles. The minimum Gasteiger partial charge on any atom is -0.368 e. The number of unbranched alkanes of at least 4 members (excludes halogenated alkanes) is 2. The van der Waals surface area contributed by atoms with Gasteiger partial charge in [0.1, 0.15) is 6.04 Å². The summed E-state index contributed by atoms with van der Waals surface area (Å²) in [5.41, 5.74) is 6.65. The van der Waals surface area contributed by atoms with Crippen LogP contribution in [-0.4, -0.2) is 27.6 Å². The van der Waals surface area contributed by atoms with Crippen LogP contribution in [0, 0.1) is 5.92 Å². The number of carbonyl (C=O) groups is 2. The fraction of sp³-hybridized carbons (Fsp3) is 0.500. The smallest absolute Gasteiger partial charge is 0.273 e. The van der Waals surface area contributed by atoms with Crippen LogP contribution in [0.5, 0.6) is 0 Å². The molecule has 0 aliphatic carbocycles. The van der Waals surface area contributed by atoms with E-state index >= 15 is 0 Å². The normalized spacial score (nSPS) is 12.5. The van der Waals surface area contributed by atoms with Crippen molar-refractivity contribution in [3.63, 3.8) is 0 Å². The van der Waals surface area contributed by atoms with Gasteiger partial charge in [-0.1, -0.05) is 51.8 Å². The Hall–Kier alpha value is -2.37. The number of hydrogen-bond donors (Lipinski definition) is 2.